The van der Waals surface area contributed by atoms with Gasteiger partial charge in [0.2, 0.25) is 0 Å². The number of nitrogens with one attached hydrogen (secondary N) is 1. The van der Waals surface area contributed by atoms with Crippen LogP contribution in [0.3, 0.4) is 0 Å². The van der Waals surface area contributed by atoms with Gasteiger partial charge in [0.15, 0.2) is 0 Å². The van der Waals surface area contributed by atoms with Gasteiger partial charge in [0.05, 0.1) is 11.5 Å². The van der Waals surface area contributed by atoms with Crippen molar-refractivity contribution in [3.63, 3.8) is 0 Å². The molecule has 1 aliphatic carbocycles. The molecular weight excluding hydrogens is 296 g/mol. The number of piperidine rings is 1. The first-order valence-electron chi connectivity index (χ1n) is 8.66. The average Bonchev–Trinajstić information content (AvgIpc) is 2.54. The highest BCUT2D eigenvalue weighted by Crippen LogP contribution is 2.34. The molecule has 0 aromatic rings. The maximum atomic E-state index is 12.4. The van der Waals surface area contributed by atoms with E-state index in [0.29, 0.717) is 32.0 Å². The number of nitrogens with zero attached hydrogens (tertiary/aromatic N) is 1. The second kappa shape index (κ2) is 7.51. The van der Waals surface area contributed by atoms with E-state index in [1.807, 2.05) is 6.92 Å². The number of carboxylic acid groups (broad SMARTS) is 1. The smallest absolute Gasteiger partial charge is 0.317 e. The summed E-state index contributed by atoms with van der Waals surface area (Å²) >= 11 is 0. The fraction of sp³-hybridized carbons (Fsp3) is 0.882. The van der Waals surface area contributed by atoms with Crippen LogP contribution in [-0.2, 0) is 9.53 Å². The third kappa shape index (κ3) is 4.59. The van der Waals surface area contributed by atoms with Gasteiger partial charge in [-0.1, -0.05) is 13.8 Å². The van der Waals surface area contributed by atoms with E-state index in [-0.39, 0.29) is 17.6 Å². The highest BCUT2D eigenvalue weighted by atomic mass is 16.5. The predicted molar refractivity (Wildman–Crippen MR) is 87.3 cm³/mol. The average molecular weight is 326 g/mol. The standard InChI is InChI=1S/C17H30N2O4/c1-12-4-6-17(23-3,7-5-12)11-18-16(22)19-9-13(2)8-14(10-19)15(20)21/h12-14H,4-11H2,1-3H3,(H,18,22)(H,20,21). The van der Waals surface area contributed by atoms with E-state index < -0.39 is 11.9 Å². The molecule has 1 heterocycles. The molecule has 132 valence electrons. The van der Waals surface area contributed by atoms with Crippen LogP contribution >= 0.6 is 0 Å². The molecule has 0 aromatic carbocycles. The molecule has 6 nitrogen and oxygen atoms in total. The molecular formula is C17H30N2O4. The summed E-state index contributed by atoms with van der Waals surface area (Å²) in [6.45, 7) is 5.65. The molecule has 1 saturated heterocycles. The fourth-order valence-electron chi connectivity index (χ4n) is 3.79. The van der Waals surface area contributed by atoms with Crippen molar-refractivity contribution in [2.45, 2.75) is 51.6 Å². The quantitative estimate of drug-likeness (QED) is 0.831. The SMILES string of the molecule is COC1(CNC(=O)N2CC(C)CC(C(=O)O)C2)CCC(C)CC1. The summed E-state index contributed by atoms with van der Waals surface area (Å²) in [6.07, 6.45) is 4.79. The van der Waals surface area contributed by atoms with Crippen molar-refractivity contribution in [1.82, 2.24) is 10.2 Å². The largest absolute Gasteiger partial charge is 0.481 e. The van der Waals surface area contributed by atoms with Gasteiger partial charge in [-0.25, -0.2) is 4.79 Å². The van der Waals surface area contributed by atoms with Crippen LogP contribution < -0.4 is 5.32 Å². The van der Waals surface area contributed by atoms with Crippen molar-refractivity contribution in [1.29, 1.82) is 0 Å². The van der Waals surface area contributed by atoms with E-state index in [1.165, 1.54) is 0 Å². The minimum absolute atomic E-state index is 0.169. The molecule has 2 N–H and O–H groups in total. The molecule has 2 rings (SSSR count). The van der Waals surface area contributed by atoms with E-state index in [1.54, 1.807) is 12.0 Å². The second-order valence-corrected chi connectivity index (χ2v) is 7.51. The molecule has 1 saturated carbocycles. The molecule has 2 atom stereocenters. The monoisotopic (exact) mass is 326 g/mol. The van der Waals surface area contributed by atoms with Crippen molar-refractivity contribution in [3.05, 3.63) is 0 Å². The summed E-state index contributed by atoms with van der Waals surface area (Å²) in [4.78, 5) is 25.3. The Bertz CT molecular complexity index is 432. The number of hydrogen-bond donors (Lipinski definition) is 2. The lowest BCUT2D eigenvalue weighted by molar-refractivity contribution is -0.143. The number of aliphatic carboxylic acids is 1. The third-order valence-corrected chi connectivity index (χ3v) is 5.48. The first-order chi connectivity index (χ1) is 10.8. The Labute approximate surface area is 138 Å². The summed E-state index contributed by atoms with van der Waals surface area (Å²) in [7, 11) is 1.71. The van der Waals surface area contributed by atoms with Gasteiger partial charge in [-0.2, -0.15) is 0 Å². The summed E-state index contributed by atoms with van der Waals surface area (Å²) < 4.78 is 5.72. The molecule has 1 aliphatic heterocycles. The zero-order valence-electron chi connectivity index (χ0n) is 14.5. The Kier molecular flexibility index (Phi) is 5.89. The van der Waals surface area contributed by atoms with Gasteiger partial charge in [-0.3, -0.25) is 4.79 Å². The van der Waals surface area contributed by atoms with Crippen LogP contribution in [0.5, 0.6) is 0 Å². The van der Waals surface area contributed by atoms with Gasteiger partial charge in [0, 0.05) is 26.7 Å². The molecule has 2 fully saturated rings. The van der Waals surface area contributed by atoms with Gasteiger partial charge in [0.1, 0.15) is 0 Å². The van der Waals surface area contributed by atoms with Crippen molar-refractivity contribution < 1.29 is 19.4 Å². The summed E-state index contributed by atoms with van der Waals surface area (Å²) in [5.41, 5.74) is -0.268. The number of hydrogen-bond acceptors (Lipinski definition) is 3. The first kappa shape index (κ1) is 18.0. The maximum Gasteiger partial charge on any atom is 0.317 e. The number of urea groups is 1. The Morgan fingerprint density at radius 2 is 1.87 bits per heavy atom. The number of carbonyl (C=O) groups is 2. The molecule has 2 unspecified atom stereocenters. The lowest BCUT2D eigenvalue weighted by atomic mass is 9.79. The summed E-state index contributed by atoms with van der Waals surface area (Å²) in [5.74, 6) is -0.351. The molecule has 0 radical (unpaired) electrons. The number of carbonyl (C=O) groups excluding carboxylic acids is 1. The topological polar surface area (TPSA) is 78.9 Å². The number of rotatable bonds is 4. The van der Waals surface area contributed by atoms with Gasteiger partial charge in [-0.05, 0) is 43.9 Å². The van der Waals surface area contributed by atoms with E-state index in [4.69, 9.17) is 4.74 Å². The molecule has 0 aromatic heterocycles. The van der Waals surface area contributed by atoms with Crippen LogP contribution in [0.2, 0.25) is 0 Å². The number of likely N-dealkylation sites (tertiary alicyclic amines) is 1. The lowest BCUT2D eigenvalue weighted by Gasteiger charge is -2.40. The van der Waals surface area contributed by atoms with Crippen molar-refractivity contribution in [3.8, 4) is 0 Å². The second-order valence-electron chi connectivity index (χ2n) is 7.51. The Hall–Kier alpha value is -1.30. The Morgan fingerprint density at radius 3 is 2.43 bits per heavy atom. The molecule has 23 heavy (non-hydrogen) atoms. The third-order valence-electron chi connectivity index (χ3n) is 5.48. The van der Waals surface area contributed by atoms with E-state index in [2.05, 4.69) is 12.2 Å². The molecule has 2 aliphatic rings. The van der Waals surface area contributed by atoms with Crippen LogP contribution in [0.25, 0.3) is 0 Å². The van der Waals surface area contributed by atoms with E-state index >= 15 is 0 Å². The number of ether oxygens (including phenoxy) is 1. The summed E-state index contributed by atoms with van der Waals surface area (Å²) in [5, 5.41) is 12.2. The molecule has 6 heteroatoms. The van der Waals surface area contributed by atoms with Crippen molar-refractivity contribution >= 4 is 12.0 Å². The van der Waals surface area contributed by atoms with Gasteiger partial charge in [-0.15, -0.1) is 0 Å². The Morgan fingerprint density at radius 1 is 1.22 bits per heavy atom. The van der Waals surface area contributed by atoms with Crippen molar-refractivity contribution in [2.75, 3.05) is 26.7 Å². The highest BCUT2D eigenvalue weighted by molar-refractivity contribution is 5.76. The van der Waals surface area contributed by atoms with Crippen LogP contribution in [-0.4, -0.2) is 54.4 Å². The van der Waals surface area contributed by atoms with Crippen LogP contribution in [0.15, 0.2) is 0 Å². The normalized spacial score (nSPS) is 34.9. The van der Waals surface area contributed by atoms with Crippen LogP contribution in [0.1, 0.15) is 46.0 Å². The predicted octanol–water partition coefficient (Wildman–Crippen LogP) is 2.33. The van der Waals surface area contributed by atoms with Gasteiger partial charge >= 0.3 is 12.0 Å². The van der Waals surface area contributed by atoms with Crippen LogP contribution in [0.4, 0.5) is 4.79 Å². The molecule has 0 spiro atoms. The van der Waals surface area contributed by atoms with Gasteiger partial charge < -0.3 is 20.1 Å². The minimum atomic E-state index is -0.816. The fourth-order valence-corrected chi connectivity index (χ4v) is 3.79. The number of methoxy groups -OCH3 is 1. The lowest BCUT2D eigenvalue weighted by Crippen LogP contribution is -2.53. The Balaban J connectivity index is 1.89. The molecule has 0 bridgehead atoms. The van der Waals surface area contributed by atoms with E-state index in [0.717, 1.165) is 25.7 Å². The first-order valence-corrected chi connectivity index (χ1v) is 8.66. The minimum Gasteiger partial charge on any atom is -0.481 e. The zero-order valence-corrected chi connectivity index (χ0v) is 14.5. The maximum absolute atomic E-state index is 12.4. The van der Waals surface area contributed by atoms with Crippen LogP contribution in [0, 0.1) is 17.8 Å². The van der Waals surface area contributed by atoms with Crippen molar-refractivity contribution in [2.24, 2.45) is 17.8 Å². The van der Waals surface area contributed by atoms with E-state index in [9.17, 15) is 14.7 Å². The van der Waals surface area contributed by atoms with Gasteiger partial charge in [0.25, 0.3) is 0 Å². The summed E-state index contributed by atoms with van der Waals surface area (Å²) in [6, 6.07) is -0.169. The molecule has 2 amide bonds. The highest BCUT2D eigenvalue weighted by Gasteiger charge is 2.36. The number of amides is 2. The number of carboxylic acids is 1. The zero-order chi connectivity index (χ0) is 17.0.